The smallest absolute Gasteiger partial charge is 0.272 e. The number of aromatic nitrogens is 2. The highest BCUT2D eigenvalue weighted by Crippen LogP contribution is 2.07. The molecule has 0 aliphatic rings. The number of nitrogens with one attached hydrogen (secondary N) is 2. The van der Waals surface area contributed by atoms with E-state index in [1.807, 2.05) is 0 Å². The maximum Gasteiger partial charge on any atom is 0.290 e. The van der Waals surface area contributed by atoms with Crippen LogP contribution in [0.5, 0.6) is 0 Å². The Morgan fingerprint density at radius 1 is 1.27 bits per heavy atom. The molecule has 0 unspecified atom stereocenters. The molecule has 1 aromatic heterocycles. The van der Waals surface area contributed by atoms with E-state index in [0.29, 0.717) is 0 Å². The normalized spacial score (nSPS) is 10.7. The van der Waals surface area contributed by atoms with E-state index in [4.69, 9.17) is 0 Å². The molecule has 0 saturated carbocycles. The molecular weight excluding hydrogens is 287 g/mol. The van der Waals surface area contributed by atoms with E-state index in [9.17, 15) is 14.0 Å². The standard InChI is InChI=1S/C15H15FN4O2/c1-10-9-13(19-20(10)2)15(22)18-17-14(21)8-7-11-5-3-4-6-12(11)16/h3-9H,1-2H3,(H,17,21)(H,18,22)/b8-7+. The molecule has 0 radical (unpaired) electrons. The molecule has 114 valence electrons. The van der Waals surface area contributed by atoms with Crippen LogP contribution >= 0.6 is 0 Å². The first kappa shape index (κ1) is 15.4. The van der Waals surface area contributed by atoms with E-state index in [2.05, 4.69) is 16.0 Å². The lowest BCUT2D eigenvalue weighted by atomic mass is 10.2. The molecule has 1 aromatic carbocycles. The van der Waals surface area contributed by atoms with Crippen LogP contribution in [0.4, 0.5) is 4.39 Å². The minimum atomic E-state index is -0.579. The van der Waals surface area contributed by atoms with Gasteiger partial charge in [0.1, 0.15) is 5.82 Å². The topological polar surface area (TPSA) is 76.0 Å². The third kappa shape index (κ3) is 3.78. The molecule has 2 N–H and O–H groups in total. The molecular formula is C15H15FN4O2. The lowest BCUT2D eigenvalue weighted by Gasteiger charge is -2.02. The van der Waals surface area contributed by atoms with Crippen molar-refractivity contribution < 1.29 is 14.0 Å². The minimum Gasteiger partial charge on any atom is -0.272 e. The summed E-state index contributed by atoms with van der Waals surface area (Å²) in [4.78, 5) is 23.3. The first-order valence-electron chi connectivity index (χ1n) is 6.51. The number of hydrogen-bond donors (Lipinski definition) is 2. The molecule has 7 heteroatoms. The van der Waals surface area contributed by atoms with Crippen molar-refractivity contribution in [3.63, 3.8) is 0 Å². The van der Waals surface area contributed by atoms with Crippen LogP contribution < -0.4 is 10.9 Å². The molecule has 0 fully saturated rings. The summed E-state index contributed by atoms with van der Waals surface area (Å²) < 4.78 is 14.9. The third-order valence-corrected chi connectivity index (χ3v) is 2.97. The zero-order valence-corrected chi connectivity index (χ0v) is 12.1. The molecule has 2 aromatic rings. The number of amides is 2. The molecule has 6 nitrogen and oxygen atoms in total. The van der Waals surface area contributed by atoms with Gasteiger partial charge in [-0.15, -0.1) is 0 Å². The Morgan fingerprint density at radius 2 is 2.00 bits per heavy atom. The van der Waals surface area contributed by atoms with Crippen LogP contribution in [0, 0.1) is 12.7 Å². The highest BCUT2D eigenvalue weighted by Gasteiger charge is 2.11. The number of aryl methyl sites for hydroxylation is 2. The molecule has 2 rings (SSSR count). The van der Waals surface area contributed by atoms with Gasteiger partial charge in [-0.2, -0.15) is 5.10 Å². The van der Waals surface area contributed by atoms with Crippen molar-refractivity contribution in [3.05, 3.63) is 59.2 Å². The first-order chi connectivity index (χ1) is 10.5. The molecule has 0 aliphatic carbocycles. The highest BCUT2D eigenvalue weighted by atomic mass is 19.1. The maximum absolute atomic E-state index is 13.4. The Kier molecular flexibility index (Phi) is 4.67. The number of carbonyl (C=O) groups is 2. The average molecular weight is 302 g/mol. The summed E-state index contributed by atoms with van der Waals surface area (Å²) in [6, 6.07) is 7.64. The predicted molar refractivity (Wildman–Crippen MR) is 79.0 cm³/mol. The van der Waals surface area contributed by atoms with E-state index in [-0.39, 0.29) is 11.3 Å². The number of benzene rings is 1. The van der Waals surface area contributed by atoms with Crippen molar-refractivity contribution in [2.45, 2.75) is 6.92 Å². The van der Waals surface area contributed by atoms with E-state index in [1.165, 1.54) is 18.2 Å². The largest absolute Gasteiger partial charge is 0.290 e. The molecule has 1 heterocycles. The molecule has 0 atom stereocenters. The van der Waals surface area contributed by atoms with Crippen molar-refractivity contribution in [3.8, 4) is 0 Å². The van der Waals surface area contributed by atoms with Gasteiger partial charge in [0, 0.05) is 24.4 Å². The van der Waals surface area contributed by atoms with E-state index in [0.717, 1.165) is 11.8 Å². The summed E-state index contributed by atoms with van der Waals surface area (Å²) in [6.45, 7) is 1.81. The maximum atomic E-state index is 13.4. The molecule has 0 spiro atoms. The second-order valence-corrected chi connectivity index (χ2v) is 4.59. The molecule has 0 aliphatic heterocycles. The Morgan fingerprint density at radius 3 is 2.64 bits per heavy atom. The third-order valence-electron chi connectivity index (χ3n) is 2.97. The van der Waals surface area contributed by atoms with Gasteiger partial charge in [0.25, 0.3) is 11.8 Å². The quantitative estimate of drug-likeness (QED) is 0.663. The van der Waals surface area contributed by atoms with Gasteiger partial charge in [-0.05, 0) is 25.1 Å². The fraction of sp³-hybridized carbons (Fsp3) is 0.133. The Labute approximate surface area is 126 Å². The van der Waals surface area contributed by atoms with Gasteiger partial charge in [-0.25, -0.2) is 4.39 Å². The van der Waals surface area contributed by atoms with Crippen molar-refractivity contribution >= 4 is 17.9 Å². The van der Waals surface area contributed by atoms with Crippen LogP contribution in [0.1, 0.15) is 21.7 Å². The van der Waals surface area contributed by atoms with Crippen molar-refractivity contribution in [1.29, 1.82) is 0 Å². The zero-order valence-electron chi connectivity index (χ0n) is 12.1. The molecule has 0 bridgehead atoms. The second kappa shape index (κ2) is 6.66. The Balaban J connectivity index is 1.90. The second-order valence-electron chi connectivity index (χ2n) is 4.59. The zero-order chi connectivity index (χ0) is 16.1. The van der Waals surface area contributed by atoms with Gasteiger partial charge >= 0.3 is 0 Å². The SMILES string of the molecule is Cc1cc(C(=O)NNC(=O)/C=C/c2ccccc2F)nn1C. The summed E-state index contributed by atoms with van der Waals surface area (Å²) in [5.74, 6) is -1.54. The lowest BCUT2D eigenvalue weighted by Crippen LogP contribution is -2.41. The monoisotopic (exact) mass is 302 g/mol. The molecule has 22 heavy (non-hydrogen) atoms. The summed E-state index contributed by atoms with van der Waals surface area (Å²) in [6.07, 6.45) is 2.45. The number of hydrogen-bond acceptors (Lipinski definition) is 3. The van der Waals surface area contributed by atoms with Gasteiger partial charge in [-0.1, -0.05) is 18.2 Å². The lowest BCUT2D eigenvalue weighted by molar-refractivity contribution is -0.117. The van der Waals surface area contributed by atoms with Crippen LogP contribution in [0.3, 0.4) is 0 Å². The van der Waals surface area contributed by atoms with Crippen LogP contribution in [0.25, 0.3) is 6.08 Å². The number of carbonyl (C=O) groups excluding carboxylic acids is 2. The van der Waals surface area contributed by atoms with Crippen LogP contribution in [0.15, 0.2) is 36.4 Å². The van der Waals surface area contributed by atoms with Gasteiger partial charge in [-0.3, -0.25) is 25.1 Å². The number of nitrogens with zero attached hydrogens (tertiary/aromatic N) is 2. The number of hydrazine groups is 1. The summed E-state index contributed by atoms with van der Waals surface area (Å²) >= 11 is 0. The van der Waals surface area contributed by atoms with E-state index >= 15 is 0 Å². The fourth-order valence-corrected chi connectivity index (χ4v) is 1.67. The van der Waals surface area contributed by atoms with Crippen molar-refractivity contribution in [1.82, 2.24) is 20.6 Å². The predicted octanol–water partition coefficient (Wildman–Crippen LogP) is 1.34. The van der Waals surface area contributed by atoms with Crippen LogP contribution in [-0.4, -0.2) is 21.6 Å². The Hall–Kier alpha value is -2.96. The first-order valence-corrected chi connectivity index (χ1v) is 6.51. The Bertz CT molecular complexity index is 717. The average Bonchev–Trinajstić information content (AvgIpc) is 2.83. The summed E-state index contributed by atoms with van der Waals surface area (Å²) in [7, 11) is 1.71. The van der Waals surface area contributed by atoms with Gasteiger partial charge in [0.15, 0.2) is 5.69 Å². The van der Waals surface area contributed by atoms with Gasteiger partial charge in [0.05, 0.1) is 0 Å². The molecule has 2 amide bonds. The van der Waals surface area contributed by atoms with Gasteiger partial charge in [0.2, 0.25) is 0 Å². The van der Waals surface area contributed by atoms with Gasteiger partial charge < -0.3 is 0 Å². The summed E-state index contributed by atoms with van der Waals surface area (Å²) in [5, 5.41) is 3.98. The van der Waals surface area contributed by atoms with E-state index in [1.54, 1.807) is 36.9 Å². The van der Waals surface area contributed by atoms with Crippen LogP contribution in [0.2, 0.25) is 0 Å². The van der Waals surface area contributed by atoms with Crippen molar-refractivity contribution in [2.75, 3.05) is 0 Å². The van der Waals surface area contributed by atoms with E-state index < -0.39 is 17.6 Å². The van der Waals surface area contributed by atoms with Crippen molar-refractivity contribution in [2.24, 2.45) is 7.05 Å². The minimum absolute atomic E-state index is 0.193. The van der Waals surface area contributed by atoms with Crippen LogP contribution in [-0.2, 0) is 11.8 Å². The number of rotatable bonds is 3. The summed E-state index contributed by atoms with van der Waals surface area (Å²) in [5.41, 5.74) is 5.72. The molecule has 0 saturated heterocycles. The fourth-order valence-electron chi connectivity index (χ4n) is 1.67. The highest BCUT2D eigenvalue weighted by molar-refractivity contribution is 5.96. The number of halogens is 1.